The Hall–Kier alpha value is -0.340. The lowest BCUT2D eigenvalue weighted by atomic mass is 9.93. The standard InChI is InChI=1S/C15H26N2/c1-2-17-6-5-13(11-17)9-16-10-15-8-12-3-4-14(15)7-12/h3-4,12-16H,2,5-11H2,1H3. The third-order valence-corrected chi connectivity index (χ3v) is 5.07. The maximum Gasteiger partial charge on any atom is 0.00222 e. The van der Waals surface area contributed by atoms with Crippen molar-refractivity contribution in [2.45, 2.75) is 26.2 Å². The van der Waals surface area contributed by atoms with Gasteiger partial charge in [-0.05, 0) is 69.1 Å². The third kappa shape index (κ3) is 2.58. The molecule has 96 valence electrons. The molecule has 1 aliphatic heterocycles. The summed E-state index contributed by atoms with van der Waals surface area (Å²) in [5.41, 5.74) is 0. The summed E-state index contributed by atoms with van der Waals surface area (Å²) in [4.78, 5) is 2.58. The molecule has 1 heterocycles. The summed E-state index contributed by atoms with van der Waals surface area (Å²) in [6.45, 7) is 8.65. The van der Waals surface area contributed by atoms with E-state index in [9.17, 15) is 0 Å². The molecule has 2 heteroatoms. The van der Waals surface area contributed by atoms with E-state index in [1.165, 1.54) is 52.0 Å². The number of nitrogens with one attached hydrogen (secondary N) is 1. The Morgan fingerprint density at radius 2 is 2.18 bits per heavy atom. The van der Waals surface area contributed by atoms with Crippen LogP contribution in [0.15, 0.2) is 12.2 Å². The lowest BCUT2D eigenvalue weighted by Crippen LogP contribution is -2.31. The third-order valence-electron chi connectivity index (χ3n) is 5.07. The lowest BCUT2D eigenvalue weighted by molar-refractivity contribution is 0.333. The fourth-order valence-corrected chi connectivity index (χ4v) is 3.97. The number of hydrogen-bond acceptors (Lipinski definition) is 2. The highest BCUT2D eigenvalue weighted by Gasteiger charge is 2.35. The van der Waals surface area contributed by atoms with Gasteiger partial charge in [-0.15, -0.1) is 0 Å². The number of likely N-dealkylation sites (tertiary alicyclic amines) is 1. The van der Waals surface area contributed by atoms with Gasteiger partial charge < -0.3 is 10.2 Å². The fourth-order valence-electron chi connectivity index (χ4n) is 3.97. The van der Waals surface area contributed by atoms with Crippen LogP contribution in [0.2, 0.25) is 0 Å². The summed E-state index contributed by atoms with van der Waals surface area (Å²) in [7, 11) is 0. The molecular weight excluding hydrogens is 208 g/mol. The largest absolute Gasteiger partial charge is 0.316 e. The van der Waals surface area contributed by atoms with Gasteiger partial charge in [0.2, 0.25) is 0 Å². The summed E-state index contributed by atoms with van der Waals surface area (Å²) < 4.78 is 0. The van der Waals surface area contributed by atoms with Crippen LogP contribution in [0.4, 0.5) is 0 Å². The molecule has 0 spiro atoms. The van der Waals surface area contributed by atoms with Crippen molar-refractivity contribution in [2.75, 3.05) is 32.7 Å². The Kier molecular flexibility index (Phi) is 3.53. The van der Waals surface area contributed by atoms with E-state index in [1.807, 2.05) is 0 Å². The van der Waals surface area contributed by atoms with Gasteiger partial charge in [-0.2, -0.15) is 0 Å². The van der Waals surface area contributed by atoms with Crippen molar-refractivity contribution in [3.63, 3.8) is 0 Å². The first-order valence-electron chi connectivity index (χ1n) is 7.46. The second-order valence-electron chi connectivity index (χ2n) is 6.25. The van der Waals surface area contributed by atoms with Crippen molar-refractivity contribution in [3.8, 4) is 0 Å². The minimum absolute atomic E-state index is 0.906. The molecule has 1 N–H and O–H groups in total. The van der Waals surface area contributed by atoms with Gasteiger partial charge in [0.25, 0.3) is 0 Å². The minimum Gasteiger partial charge on any atom is -0.316 e. The van der Waals surface area contributed by atoms with E-state index in [2.05, 4.69) is 29.3 Å². The molecule has 2 nitrogen and oxygen atoms in total. The van der Waals surface area contributed by atoms with Crippen molar-refractivity contribution in [1.29, 1.82) is 0 Å². The highest BCUT2D eigenvalue weighted by Crippen LogP contribution is 2.42. The smallest absolute Gasteiger partial charge is 0.00222 e. The number of fused-ring (bicyclic) bond motifs is 2. The summed E-state index contributed by atoms with van der Waals surface area (Å²) in [5, 5.41) is 3.74. The molecule has 0 amide bonds. The molecule has 17 heavy (non-hydrogen) atoms. The zero-order chi connectivity index (χ0) is 11.7. The summed E-state index contributed by atoms with van der Waals surface area (Å²) in [6.07, 6.45) is 9.20. The van der Waals surface area contributed by atoms with Crippen molar-refractivity contribution in [3.05, 3.63) is 12.2 Å². The topological polar surface area (TPSA) is 15.3 Å². The number of nitrogens with zero attached hydrogens (tertiary/aromatic N) is 1. The molecular formula is C15H26N2. The molecule has 1 saturated heterocycles. The molecule has 3 aliphatic rings. The van der Waals surface area contributed by atoms with Crippen molar-refractivity contribution < 1.29 is 0 Å². The lowest BCUT2D eigenvalue weighted by Gasteiger charge is -2.20. The van der Waals surface area contributed by atoms with Crippen LogP contribution in [0.25, 0.3) is 0 Å². The van der Waals surface area contributed by atoms with Gasteiger partial charge in [-0.3, -0.25) is 0 Å². The van der Waals surface area contributed by atoms with Crippen LogP contribution in [-0.2, 0) is 0 Å². The van der Waals surface area contributed by atoms with Gasteiger partial charge in [-0.1, -0.05) is 19.1 Å². The van der Waals surface area contributed by atoms with Gasteiger partial charge in [0.1, 0.15) is 0 Å². The van der Waals surface area contributed by atoms with E-state index in [1.54, 1.807) is 0 Å². The Balaban J connectivity index is 1.35. The zero-order valence-electron chi connectivity index (χ0n) is 11.1. The fraction of sp³-hybridized carbons (Fsp3) is 0.867. The van der Waals surface area contributed by atoms with E-state index < -0.39 is 0 Å². The molecule has 0 aromatic rings. The van der Waals surface area contributed by atoms with Gasteiger partial charge in [0.15, 0.2) is 0 Å². The van der Waals surface area contributed by atoms with E-state index in [0.29, 0.717) is 0 Å². The highest BCUT2D eigenvalue weighted by atomic mass is 15.1. The van der Waals surface area contributed by atoms with Crippen LogP contribution in [0.3, 0.4) is 0 Å². The van der Waals surface area contributed by atoms with Gasteiger partial charge in [0, 0.05) is 6.54 Å². The normalized spacial score (nSPS) is 40.5. The predicted molar refractivity (Wildman–Crippen MR) is 71.9 cm³/mol. The van der Waals surface area contributed by atoms with Crippen LogP contribution in [0, 0.1) is 23.7 Å². The first-order valence-corrected chi connectivity index (χ1v) is 7.46. The van der Waals surface area contributed by atoms with Gasteiger partial charge in [0.05, 0.1) is 0 Å². The predicted octanol–water partition coefficient (Wildman–Crippen LogP) is 2.13. The Morgan fingerprint density at radius 3 is 2.82 bits per heavy atom. The van der Waals surface area contributed by atoms with E-state index in [0.717, 1.165) is 23.7 Å². The average molecular weight is 234 g/mol. The SMILES string of the molecule is CCN1CCC(CNCC2CC3C=CC2C3)C1. The monoisotopic (exact) mass is 234 g/mol. The number of rotatable bonds is 5. The maximum absolute atomic E-state index is 3.74. The van der Waals surface area contributed by atoms with Crippen LogP contribution in [0.1, 0.15) is 26.2 Å². The zero-order valence-corrected chi connectivity index (χ0v) is 11.1. The molecule has 2 fully saturated rings. The summed E-state index contributed by atoms with van der Waals surface area (Å²) >= 11 is 0. The van der Waals surface area contributed by atoms with Gasteiger partial charge >= 0.3 is 0 Å². The van der Waals surface area contributed by atoms with Crippen LogP contribution < -0.4 is 5.32 Å². The molecule has 2 aliphatic carbocycles. The second kappa shape index (κ2) is 5.11. The molecule has 3 rings (SSSR count). The van der Waals surface area contributed by atoms with E-state index in [-0.39, 0.29) is 0 Å². The molecule has 0 aromatic heterocycles. The molecule has 0 radical (unpaired) electrons. The van der Waals surface area contributed by atoms with E-state index in [4.69, 9.17) is 0 Å². The molecule has 4 unspecified atom stereocenters. The van der Waals surface area contributed by atoms with Crippen LogP contribution in [-0.4, -0.2) is 37.6 Å². The average Bonchev–Trinajstić information content (AvgIpc) is 3.04. The summed E-state index contributed by atoms with van der Waals surface area (Å²) in [5.74, 6) is 3.68. The molecule has 4 atom stereocenters. The summed E-state index contributed by atoms with van der Waals surface area (Å²) in [6, 6.07) is 0. The van der Waals surface area contributed by atoms with Gasteiger partial charge in [-0.25, -0.2) is 0 Å². The highest BCUT2D eigenvalue weighted by molar-refractivity contribution is 5.10. The molecule has 0 aromatic carbocycles. The van der Waals surface area contributed by atoms with Crippen LogP contribution >= 0.6 is 0 Å². The van der Waals surface area contributed by atoms with Crippen molar-refractivity contribution in [1.82, 2.24) is 10.2 Å². The number of allylic oxidation sites excluding steroid dienone is 2. The first-order chi connectivity index (χ1) is 8.35. The Labute approximate surface area is 105 Å². The quantitative estimate of drug-likeness (QED) is 0.733. The maximum atomic E-state index is 3.74. The van der Waals surface area contributed by atoms with Crippen LogP contribution in [0.5, 0.6) is 0 Å². The van der Waals surface area contributed by atoms with Crippen molar-refractivity contribution >= 4 is 0 Å². The second-order valence-corrected chi connectivity index (χ2v) is 6.25. The van der Waals surface area contributed by atoms with Crippen molar-refractivity contribution in [2.24, 2.45) is 23.7 Å². The first kappa shape index (κ1) is 11.7. The molecule has 1 saturated carbocycles. The Bertz CT molecular complexity index is 287. The molecule has 2 bridgehead atoms. The minimum atomic E-state index is 0.906. The Morgan fingerprint density at radius 1 is 1.24 bits per heavy atom. The number of hydrogen-bond donors (Lipinski definition) is 1. The van der Waals surface area contributed by atoms with E-state index >= 15 is 0 Å².